The summed E-state index contributed by atoms with van der Waals surface area (Å²) >= 11 is 0. The molecular weight excluding hydrogens is 204 g/mol. The molecule has 4 nitrogen and oxygen atoms in total. The Kier molecular flexibility index (Phi) is 2.97. The SMILES string of the molecule is CC(CC(=O)O)N1CC2CNCC2C1(C)C. The lowest BCUT2D eigenvalue weighted by Gasteiger charge is -2.39. The minimum atomic E-state index is -0.696. The van der Waals surface area contributed by atoms with E-state index in [2.05, 4.69) is 24.1 Å². The molecule has 4 heteroatoms. The fourth-order valence-electron chi connectivity index (χ4n) is 3.56. The molecule has 3 unspecified atom stereocenters. The van der Waals surface area contributed by atoms with Crippen LogP contribution in [0.5, 0.6) is 0 Å². The third-order valence-corrected chi connectivity index (χ3v) is 4.42. The van der Waals surface area contributed by atoms with E-state index >= 15 is 0 Å². The number of carboxylic acid groups (broad SMARTS) is 1. The van der Waals surface area contributed by atoms with E-state index in [0.717, 1.165) is 19.6 Å². The number of rotatable bonds is 3. The summed E-state index contributed by atoms with van der Waals surface area (Å²) in [6, 6.07) is 0.137. The third-order valence-electron chi connectivity index (χ3n) is 4.42. The van der Waals surface area contributed by atoms with Crippen LogP contribution < -0.4 is 5.32 Å². The highest BCUT2D eigenvalue weighted by atomic mass is 16.4. The fraction of sp³-hybridized carbons (Fsp3) is 0.917. The van der Waals surface area contributed by atoms with E-state index in [9.17, 15) is 4.79 Å². The Morgan fingerprint density at radius 1 is 1.56 bits per heavy atom. The highest BCUT2D eigenvalue weighted by molar-refractivity contribution is 5.67. The predicted octanol–water partition coefficient (Wildman–Crippen LogP) is 0.779. The molecule has 0 radical (unpaired) electrons. The number of hydrogen-bond donors (Lipinski definition) is 2. The van der Waals surface area contributed by atoms with Crippen LogP contribution in [0.2, 0.25) is 0 Å². The van der Waals surface area contributed by atoms with Crippen LogP contribution in [-0.2, 0) is 4.79 Å². The van der Waals surface area contributed by atoms with Crippen LogP contribution in [-0.4, -0.2) is 47.2 Å². The van der Waals surface area contributed by atoms with Crippen molar-refractivity contribution in [3.8, 4) is 0 Å². The van der Waals surface area contributed by atoms with Gasteiger partial charge in [-0.3, -0.25) is 9.69 Å². The number of carboxylic acids is 1. The molecular formula is C12H22N2O2. The van der Waals surface area contributed by atoms with Gasteiger partial charge in [-0.25, -0.2) is 0 Å². The summed E-state index contributed by atoms with van der Waals surface area (Å²) in [6.07, 6.45) is 0.246. The first-order valence-electron chi connectivity index (χ1n) is 6.12. The molecule has 3 atom stereocenters. The van der Waals surface area contributed by atoms with E-state index < -0.39 is 5.97 Å². The van der Waals surface area contributed by atoms with Crippen molar-refractivity contribution in [1.29, 1.82) is 0 Å². The van der Waals surface area contributed by atoms with Crippen molar-refractivity contribution in [1.82, 2.24) is 10.2 Å². The second-order valence-electron chi connectivity index (χ2n) is 5.78. The molecule has 0 aliphatic carbocycles. The van der Waals surface area contributed by atoms with E-state index in [1.165, 1.54) is 0 Å². The Balaban J connectivity index is 2.09. The number of fused-ring (bicyclic) bond motifs is 1. The lowest BCUT2D eigenvalue weighted by atomic mass is 9.84. The second-order valence-corrected chi connectivity index (χ2v) is 5.78. The molecule has 0 amide bonds. The maximum absolute atomic E-state index is 10.8. The fourth-order valence-corrected chi connectivity index (χ4v) is 3.56. The third kappa shape index (κ3) is 1.84. The molecule has 0 bridgehead atoms. The summed E-state index contributed by atoms with van der Waals surface area (Å²) in [5.74, 6) is 0.675. The van der Waals surface area contributed by atoms with Gasteiger partial charge in [-0.15, -0.1) is 0 Å². The minimum absolute atomic E-state index is 0.128. The quantitative estimate of drug-likeness (QED) is 0.746. The number of likely N-dealkylation sites (tertiary alicyclic amines) is 1. The van der Waals surface area contributed by atoms with Crippen molar-refractivity contribution in [3.63, 3.8) is 0 Å². The standard InChI is InChI=1S/C12H22N2O2/c1-8(4-11(15)16)14-7-9-5-13-6-10(9)12(14,2)3/h8-10,13H,4-7H2,1-3H3,(H,15,16). The monoisotopic (exact) mass is 226 g/mol. The van der Waals surface area contributed by atoms with Gasteiger partial charge in [0, 0.05) is 24.7 Å². The van der Waals surface area contributed by atoms with Crippen LogP contribution in [0.15, 0.2) is 0 Å². The molecule has 0 aromatic carbocycles. The number of nitrogens with one attached hydrogen (secondary N) is 1. The first kappa shape index (κ1) is 11.9. The average Bonchev–Trinajstić information content (AvgIpc) is 2.67. The minimum Gasteiger partial charge on any atom is -0.481 e. The largest absolute Gasteiger partial charge is 0.481 e. The van der Waals surface area contributed by atoms with Crippen LogP contribution >= 0.6 is 0 Å². The van der Waals surface area contributed by atoms with Gasteiger partial charge < -0.3 is 10.4 Å². The number of nitrogens with zero attached hydrogens (tertiary/aromatic N) is 1. The van der Waals surface area contributed by atoms with Crippen molar-refractivity contribution < 1.29 is 9.90 Å². The van der Waals surface area contributed by atoms with Crippen molar-refractivity contribution in [3.05, 3.63) is 0 Å². The molecule has 2 heterocycles. The van der Waals surface area contributed by atoms with E-state index in [1.807, 2.05) is 6.92 Å². The van der Waals surface area contributed by atoms with Crippen LogP contribution in [0, 0.1) is 11.8 Å². The molecule has 2 N–H and O–H groups in total. The smallest absolute Gasteiger partial charge is 0.304 e. The van der Waals surface area contributed by atoms with Gasteiger partial charge in [0.05, 0.1) is 6.42 Å². The van der Waals surface area contributed by atoms with Gasteiger partial charge in [0.2, 0.25) is 0 Å². The van der Waals surface area contributed by atoms with Crippen molar-refractivity contribution in [2.24, 2.45) is 11.8 Å². The normalized spacial score (nSPS) is 34.9. The van der Waals surface area contributed by atoms with E-state index in [1.54, 1.807) is 0 Å². The van der Waals surface area contributed by atoms with Crippen LogP contribution in [0.4, 0.5) is 0 Å². The molecule has 2 saturated heterocycles. The highest BCUT2D eigenvalue weighted by Gasteiger charge is 2.50. The molecule has 16 heavy (non-hydrogen) atoms. The van der Waals surface area contributed by atoms with Crippen LogP contribution in [0.3, 0.4) is 0 Å². The van der Waals surface area contributed by atoms with Crippen molar-refractivity contribution in [2.75, 3.05) is 19.6 Å². The van der Waals surface area contributed by atoms with Gasteiger partial charge in [0.1, 0.15) is 0 Å². The molecule has 92 valence electrons. The lowest BCUT2D eigenvalue weighted by molar-refractivity contribution is -0.138. The molecule has 2 aliphatic rings. The first-order chi connectivity index (χ1) is 7.43. The maximum Gasteiger partial charge on any atom is 0.304 e. The topological polar surface area (TPSA) is 52.6 Å². The van der Waals surface area contributed by atoms with E-state index in [4.69, 9.17) is 5.11 Å². The molecule has 2 fully saturated rings. The lowest BCUT2D eigenvalue weighted by Crippen LogP contribution is -2.49. The van der Waals surface area contributed by atoms with Crippen LogP contribution in [0.25, 0.3) is 0 Å². The Bertz CT molecular complexity index is 291. The molecule has 0 aromatic heterocycles. The van der Waals surface area contributed by atoms with Crippen molar-refractivity contribution in [2.45, 2.75) is 38.8 Å². The summed E-state index contributed by atoms with van der Waals surface area (Å²) in [7, 11) is 0. The molecule has 0 spiro atoms. The summed E-state index contributed by atoms with van der Waals surface area (Å²) < 4.78 is 0. The van der Waals surface area contributed by atoms with E-state index in [-0.39, 0.29) is 18.0 Å². The highest BCUT2D eigenvalue weighted by Crippen LogP contribution is 2.41. The molecule has 0 saturated carbocycles. The van der Waals surface area contributed by atoms with Gasteiger partial charge in [0.25, 0.3) is 0 Å². The summed E-state index contributed by atoms with van der Waals surface area (Å²) in [5, 5.41) is 12.3. The average molecular weight is 226 g/mol. The Hall–Kier alpha value is -0.610. The summed E-state index contributed by atoms with van der Waals surface area (Å²) in [5.41, 5.74) is 0.128. The van der Waals surface area contributed by atoms with Crippen molar-refractivity contribution >= 4 is 5.97 Å². The Labute approximate surface area is 97.0 Å². The molecule has 0 aromatic rings. The van der Waals surface area contributed by atoms with Gasteiger partial charge in [0.15, 0.2) is 0 Å². The Morgan fingerprint density at radius 2 is 2.25 bits per heavy atom. The zero-order valence-electron chi connectivity index (χ0n) is 10.4. The maximum atomic E-state index is 10.8. The summed E-state index contributed by atoms with van der Waals surface area (Å²) in [4.78, 5) is 13.2. The van der Waals surface area contributed by atoms with Gasteiger partial charge >= 0.3 is 5.97 Å². The first-order valence-corrected chi connectivity index (χ1v) is 6.12. The van der Waals surface area contributed by atoms with Gasteiger partial charge in [-0.1, -0.05) is 0 Å². The number of hydrogen-bond acceptors (Lipinski definition) is 3. The zero-order valence-corrected chi connectivity index (χ0v) is 10.4. The second kappa shape index (κ2) is 4.00. The zero-order chi connectivity index (χ0) is 11.9. The number of carbonyl (C=O) groups is 1. The molecule has 2 rings (SSSR count). The summed E-state index contributed by atoms with van der Waals surface area (Å²) in [6.45, 7) is 9.74. The van der Waals surface area contributed by atoms with Gasteiger partial charge in [-0.2, -0.15) is 0 Å². The number of aliphatic carboxylic acids is 1. The predicted molar refractivity (Wildman–Crippen MR) is 62.3 cm³/mol. The van der Waals surface area contributed by atoms with E-state index in [0.29, 0.717) is 11.8 Å². The van der Waals surface area contributed by atoms with Crippen LogP contribution in [0.1, 0.15) is 27.2 Å². The van der Waals surface area contributed by atoms with Gasteiger partial charge in [-0.05, 0) is 39.2 Å². The Morgan fingerprint density at radius 3 is 2.81 bits per heavy atom. The molecule has 2 aliphatic heterocycles.